The first kappa shape index (κ1) is 23.3. The van der Waals surface area contributed by atoms with Crippen LogP contribution in [-0.4, -0.2) is 21.7 Å². The summed E-state index contributed by atoms with van der Waals surface area (Å²) in [6.45, 7) is 4.00. The van der Waals surface area contributed by atoms with Crippen LogP contribution in [0.1, 0.15) is 13.8 Å². The standard InChI is InChI=1S/C24H18BNO2.C6H10/c27-25(28)21-10-6-12-23-24(21)20-9-4-5-11-22(20)26(23)19-15-13-18(14-16-19)17-7-2-1-3-8-17;1-3-5-6-4-2/h1-16,27-28H;3-6H,1-2H3/b;5-3-,6-4-. The maximum absolute atomic E-state index is 9.87. The third kappa shape index (κ3) is 4.74. The lowest BCUT2D eigenvalue weighted by atomic mass is 9.77. The van der Waals surface area contributed by atoms with Gasteiger partial charge in [0.2, 0.25) is 0 Å². The molecule has 0 aliphatic carbocycles. The van der Waals surface area contributed by atoms with Gasteiger partial charge in [0.1, 0.15) is 0 Å². The smallest absolute Gasteiger partial charge is 0.423 e. The highest BCUT2D eigenvalue weighted by atomic mass is 16.4. The van der Waals surface area contributed by atoms with Crippen molar-refractivity contribution in [2.45, 2.75) is 13.8 Å². The van der Waals surface area contributed by atoms with Crippen molar-refractivity contribution < 1.29 is 10.0 Å². The molecule has 0 amide bonds. The molecule has 0 fully saturated rings. The summed E-state index contributed by atoms with van der Waals surface area (Å²) in [5.74, 6) is 0. The van der Waals surface area contributed by atoms with Crippen LogP contribution in [0, 0.1) is 0 Å². The molecule has 0 atom stereocenters. The van der Waals surface area contributed by atoms with E-state index in [1.165, 1.54) is 5.56 Å². The van der Waals surface area contributed by atoms with Crippen LogP contribution in [0.25, 0.3) is 38.6 Å². The normalized spacial score (nSPS) is 11.3. The maximum Gasteiger partial charge on any atom is 0.489 e. The Kier molecular flexibility index (Phi) is 7.43. The molecule has 1 heterocycles. The van der Waals surface area contributed by atoms with Crippen LogP contribution in [0.5, 0.6) is 0 Å². The summed E-state index contributed by atoms with van der Waals surface area (Å²) in [6, 6.07) is 32.5. The highest BCUT2D eigenvalue weighted by Gasteiger charge is 2.20. The second kappa shape index (κ2) is 10.8. The summed E-state index contributed by atoms with van der Waals surface area (Å²) in [4.78, 5) is 0. The Hall–Kier alpha value is -3.86. The van der Waals surface area contributed by atoms with Crippen LogP contribution in [0.4, 0.5) is 0 Å². The van der Waals surface area contributed by atoms with Gasteiger partial charge in [0.05, 0.1) is 11.0 Å². The lowest BCUT2D eigenvalue weighted by Crippen LogP contribution is -2.30. The Morgan fingerprint density at radius 3 is 1.85 bits per heavy atom. The molecule has 1 aromatic heterocycles. The predicted molar refractivity (Wildman–Crippen MR) is 146 cm³/mol. The van der Waals surface area contributed by atoms with Crippen molar-refractivity contribution in [1.82, 2.24) is 4.57 Å². The maximum atomic E-state index is 9.87. The predicted octanol–water partition coefficient (Wildman–Crippen LogP) is 6.27. The minimum atomic E-state index is -1.51. The number of hydrogen-bond donors (Lipinski definition) is 2. The number of rotatable bonds is 4. The third-order valence-corrected chi connectivity index (χ3v) is 5.74. The molecule has 0 saturated heterocycles. The minimum Gasteiger partial charge on any atom is -0.423 e. The van der Waals surface area contributed by atoms with Gasteiger partial charge in [-0.1, -0.05) is 97.1 Å². The largest absolute Gasteiger partial charge is 0.489 e. The molecule has 0 saturated carbocycles. The summed E-state index contributed by atoms with van der Waals surface area (Å²) in [5, 5.41) is 21.6. The lowest BCUT2D eigenvalue weighted by Gasteiger charge is -2.10. The van der Waals surface area contributed by atoms with Crippen molar-refractivity contribution in [3.05, 3.63) is 121 Å². The van der Waals surface area contributed by atoms with E-state index in [4.69, 9.17) is 0 Å². The van der Waals surface area contributed by atoms with Crippen molar-refractivity contribution in [1.29, 1.82) is 0 Å². The van der Waals surface area contributed by atoms with Gasteiger partial charge >= 0.3 is 7.12 Å². The number of hydrogen-bond acceptors (Lipinski definition) is 2. The van der Waals surface area contributed by atoms with Crippen LogP contribution in [0.3, 0.4) is 0 Å². The van der Waals surface area contributed by atoms with E-state index in [-0.39, 0.29) is 0 Å². The Balaban J connectivity index is 0.000000408. The van der Waals surface area contributed by atoms with E-state index >= 15 is 0 Å². The summed E-state index contributed by atoms with van der Waals surface area (Å²) in [6.07, 6.45) is 8.00. The number of para-hydroxylation sites is 1. The van der Waals surface area contributed by atoms with E-state index in [2.05, 4.69) is 47.0 Å². The van der Waals surface area contributed by atoms with Gasteiger partial charge in [-0.15, -0.1) is 0 Å². The lowest BCUT2D eigenvalue weighted by molar-refractivity contribution is 0.426. The zero-order valence-corrected chi connectivity index (χ0v) is 19.5. The van der Waals surface area contributed by atoms with Crippen LogP contribution in [0.15, 0.2) is 121 Å². The van der Waals surface area contributed by atoms with Crippen LogP contribution < -0.4 is 5.46 Å². The molecule has 4 heteroatoms. The molecule has 0 aliphatic heterocycles. The van der Waals surface area contributed by atoms with Gasteiger partial charge in [-0.05, 0) is 54.7 Å². The van der Waals surface area contributed by atoms with Crippen molar-refractivity contribution in [2.75, 3.05) is 0 Å². The first-order valence-corrected chi connectivity index (χ1v) is 11.4. The average molecular weight is 445 g/mol. The summed E-state index contributed by atoms with van der Waals surface area (Å²) < 4.78 is 2.17. The van der Waals surface area contributed by atoms with E-state index in [0.717, 1.165) is 33.1 Å². The molecule has 2 N–H and O–H groups in total. The van der Waals surface area contributed by atoms with Gasteiger partial charge in [0.25, 0.3) is 0 Å². The number of fused-ring (bicyclic) bond motifs is 3. The van der Waals surface area contributed by atoms with Crippen molar-refractivity contribution in [3.8, 4) is 16.8 Å². The monoisotopic (exact) mass is 445 g/mol. The van der Waals surface area contributed by atoms with Crippen LogP contribution in [0.2, 0.25) is 0 Å². The minimum absolute atomic E-state index is 0.522. The van der Waals surface area contributed by atoms with Gasteiger partial charge in [0.15, 0.2) is 0 Å². The molecule has 0 radical (unpaired) electrons. The molecule has 168 valence electrons. The molecule has 0 spiro atoms. The van der Waals surface area contributed by atoms with Crippen LogP contribution >= 0.6 is 0 Å². The summed E-state index contributed by atoms with van der Waals surface area (Å²) >= 11 is 0. The molecule has 3 nitrogen and oxygen atoms in total. The van der Waals surface area contributed by atoms with Crippen molar-refractivity contribution in [2.24, 2.45) is 0 Å². The molecule has 5 rings (SSSR count). The van der Waals surface area contributed by atoms with E-state index in [9.17, 15) is 10.0 Å². The number of benzene rings is 4. The Morgan fingerprint density at radius 2 is 1.21 bits per heavy atom. The van der Waals surface area contributed by atoms with Crippen molar-refractivity contribution >= 4 is 34.4 Å². The topological polar surface area (TPSA) is 45.4 Å². The summed E-state index contributed by atoms with van der Waals surface area (Å²) in [7, 11) is -1.51. The van der Waals surface area contributed by atoms with Gasteiger partial charge in [-0.3, -0.25) is 0 Å². The van der Waals surface area contributed by atoms with Crippen molar-refractivity contribution in [3.63, 3.8) is 0 Å². The van der Waals surface area contributed by atoms with E-state index in [0.29, 0.717) is 5.46 Å². The van der Waals surface area contributed by atoms with E-state index < -0.39 is 7.12 Å². The Morgan fingerprint density at radius 1 is 0.618 bits per heavy atom. The highest BCUT2D eigenvalue weighted by Crippen LogP contribution is 2.32. The zero-order valence-electron chi connectivity index (χ0n) is 19.5. The molecule has 0 bridgehead atoms. The fraction of sp³-hybridized carbons (Fsp3) is 0.0667. The SMILES string of the molecule is C/C=C\C=C/C.OB(O)c1cccc2c1c1ccccc1n2-c1ccc(-c2ccccc2)cc1. The third-order valence-electron chi connectivity index (χ3n) is 5.74. The quantitative estimate of drug-likeness (QED) is 0.253. The molecule has 0 aliphatic rings. The van der Waals surface area contributed by atoms with Crippen LogP contribution in [-0.2, 0) is 0 Å². The fourth-order valence-electron chi connectivity index (χ4n) is 4.20. The van der Waals surface area contributed by atoms with E-state index in [1.807, 2.05) is 86.7 Å². The number of aromatic nitrogens is 1. The number of allylic oxidation sites excluding steroid dienone is 4. The zero-order chi connectivity index (χ0) is 23.9. The second-order valence-corrected chi connectivity index (χ2v) is 7.93. The average Bonchev–Trinajstić information content (AvgIpc) is 3.23. The van der Waals surface area contributed by atoms with Gasteiger partial charge in [0, 0.05) is 16.5 Å². The fourth-order valence-corrected chi connectivity index (χ4v) is 4.20. The van der Waals surface area contributed by atoms with Gasteiger partial charge < -0.3 is 14.6 Å². The Labute approximate surface area is 201 Å². The molecule has 5 aromatic rings. The summed E-state index contributed by atoms with van der Waals surface area (Å²) in [5.41, 5.74) is 5.90. The number of nitrogens with zero attached hydrogens (tertiary/aromatic N) is 1. The second-order valence-electron chi connectivity index (χ2n) is 7.93. The molecular weight excluding hydrogens is 417 g/mol. The molecule has 4 aromatic carbocycles. The first-order valence-electron chi connectivity index (χ1n) is 11.4. The van der Waals surface area contributed by atoms with E-state index in [1.54, 1.807) is 6.07 Å². The molecular formula is C30H28BNO2. The van der Waals surface area contributed by atoms with Gasteiger partial charge in [-0.2, -0.15) is 0 Å². The first-order chi connectivity index (χ1) is 16.7. The van der Waals surface area contributed by atoms with Gasteiger partial charge in [-0.25, -0.2) is 0 Å². The highest BCUT2D eigenvalue weighted by molar-refractivity contribution is 6.63. The molecule has 34 heavy (non-hydrogen) atoms. The molecule has 0 unspecified atom stereocenters. The Bertz CT molecular complexity index is 1420.